The molecule has 2 fully saturated rings. The normalized spacial score (nSPS) is 28.0. The number of methoxy groups -OCH3 is 1. The highest BCUT2D eigenvalue weighted by atomic mass is 16.5. The molecule has 0 spiro atoms. The lowest BCUT2D eigenvalue weighted by atomic mass is 9.96. The minimum absolute atomic E-state index is 0.600. The van der Waals surface area contributed by atoms with Crippen molar-refractivity contribution in [2.24, 2.45) is 0 Å². The van der Waals surface area contributed by atoms with E-state index in [1.54, 1.807) is 7.11 Å². The van der Waals surface area contributed by atoms with E-state index >= 15 is 0 Å². The molecule has 2 aliphatic heterocycles. The molecular formula is C16H24N2O. The number of piperidine rings is 1. The first kappa shape index (κ1) is 12.8. The summed E-state index contributed by atoms with van der Waals surface area (Å²) in [5, 5.41) is 0. The number of piperazine rings is 1. The van der Waals surface area contributed by atoms with Crippen LogP contribution in [-0.2, 0) is 0 Å². The van der Waals surface area contributed by atoms with Gasteiger partial charge in [0.2, 0.25) is 0 Å². The van der Waals surface area contributed by atoms with Gasteiger partial charge in [0.15, 0.2) is 0 Å². The number of hydrogen-bond donors (Lipinski definition) is 0. The van der Waals surface area contributed by atoms with E-state index in [-0.39, 0.29) is 0 Å². The van der Waals surface area contributed by atoms with E-state index in [1.807, 2.05) is 0 Å². The molecule has 0 amide bonds. The summed E-state index contributed by atoms with van der Waals surface area (Å²) in [4.78, 5) is 5.25. The summed E-state index contributed by atoms with van der Waals surface area (Å²) >= 11 is 0. The predicted octanol–water partition coefficient (Wildman–Crippen LogP) is 2.76. The van der Waals surface area contributed by atoms with Gasteiger partial charge in [0.25, 0.3) is 0 Å². The van der Waals surface area contributed by atoms with Gasteiger partial charge in [-0.1, -0.05) is 6.42 Å². The van der Waals surface area contributed by atoms with Gasteiger partial charge >= 0.3 is 0 Å². The van der Waals surface area contributed by atoms with Crippen LogP contribution < -0.4 is 9.64 Å². The molecule has 2 heterocycles. The fraction of sp³-hybridized carbons (Fsp3) is 0.625. The molecule has 3 rings (SSSR count). The van der Waals surface area contributed by atoms with Crippen LogP contribution in [0, 0.1) is 0 Å². The molecular weight excluding hydrogens is 236 g/mol. The molecule has 2 unspecified atom stereocenters. The van der Waals surface area contributed by atoms with E-state index in [0.29, 0.717) is 6.04 Å². The largest absolute Gasteiger partial charge is 0.497 e. The maximum Gasteiger partial charge on any atom is 0.119 e. The van der Waals surface area contributed by atoms with Gasteiger partial charge in [-0.2, -0.15) is 0 Å². The molecule has 0 radical (unpaired) electrons. The van der Waals surface area contributed by atoms with Gasteiger partial charge in [0.05, 0.1) is 7.11 Å². The first-order chi connectivity index (χ1) is 9.28. The molecule has 0 N–H and O–H groups in total. The predicted molar refractivity (Wildman–Crippen MR) is 79.0 cm³/mol. The minimum atomic E-state index is 0.600. The van der Waals surface area contributed by atoms with E-state index in [9.17, 15) is 0 Å². The van der Waals surface area contributed by atoms with Gasteiger partial charge in [0.1, 0.15) is 5.75 Å². The Balaban J connectivity index is 1.75. The van der Waals surface area contributed by atoms with Crippen LogP contribution in [-0.4, -0.2) is 43.7 Å². The Morgan fingerprint density at radius 1 is 1.11 bits per heavy atom. The first-order valence-corrected chi connectivity index (χ1v) is 7.42. The minimum Gasteiger partial charge on any atom is -0.497 e. The van der Waals surface area contributed by atoms with Crippen LogP contribution in [0.15, 0.2) is 24.3 Å². The van der Waals surface area contributed by atoms with Gasteiger partial charge in [-0.15, -0.1) is 0 Å². The van der Waals surface area contributed by atoms with Gasteiger partial charge in [-0.05, 0) is 50.6 Å². The van der Waals surface area contributed by atoms with Crippen LogP contribution in [0.1, 0.15) is 26.2 Å². The van der Waals surface area contributed by atoms with E-state index in [4.69, 9.17) is 4.74 Å². The number of rotatable bonds is 2. The number of ether oxygens (including phenoxy) is 1. The summed E-state index contributed by atoms with van der Waals surface area (Å²) in [6, 6.07) is 9.86. The van der Waals surface area contributed by atoms with Crippen LogP contribution in [0.3, 0.4) is 0 Å². The lowest BCUT2D eigenvalue weighted by Gasteiger charge is -2.48. The quantitative estimate of drug-likeness (QED) is 0.813. The average molecular weight is 260 g/mol. The van der Waals surface area contributed by atoms with Crippen molar-refractivity contribution < 1.29 is 4.74 Å². The van der Waals surface area contributed by atoms with Crippen molar-refractivity contribution in [2.45, 2.75) is 38.3 Å². The van der Waals surface area contributed by atoms with Crippen molar-refractivity contribution in [1.29, 1.82) is 0 Å². The molecule has 3 nitrogen and oxygen atoms in total. The Morgan fingerprint density at radius 3 is 2.63 bits per heavy atom. The Kier molecular flexibility index (Phi) is 3.65. The Bertz CT molecular complexity index is 417. The van der Waals surface area contributed by atoms with E-state index < -0.39 is 0 Å². The third-order valence-corrected chi connectivity index (χ3v) is 4.59. The summed E-state index contributed by atoms with van der Waals surface area (Å²) in [5.41, 5.74) is 1.33. The van der Waals surface area contributed by atoms with Crippen molar-refractivity contribution in [3.05, 3.63) is 24.3 Å². The molecule has 2 saturated heterocycles. The second-order valence-corrected chi connectivity index (χ2v) is 5.84. The monoisotopic (exact) mass is 260 g/mol. The van der Waals surface area contributed by atoms with Crippen LogP contribution in [0.2, 0.25) is 0 Å². The topological polar surface area (TPSA) is 15.7 Å². The average Bonchev–Trinajstić information content (AvgIpc) is 2.47. The number of benzene rings is 1. The third kappa shape index (κ3) is 2.57. The molecule has 0 bridgehead atoms. The van der Waals surface area contributed by atoms with E-state index in [0.717, 1.165) is 11.8 Å². The van der Waals surface area contributed by atoms with E-state index in [2.05, 4.69) is 41.0 Å². The van der Waals surface area contributed by atoms with Gasteiger partial charge < -0.3 is 9.64 Å². The van der Waals surface area contributed by atoms with Crippen LogP contribution in [0.25, 0.3) is 0 Å². The fourth-order valence-electron chi connectivity index (χ4n) is 3.49. The zero-order valence-electron chi connectivity index (χ0n) is 12.0. The van der Waals surface area contributed by atoms with Crippen molar-refractivity contribution in [3.63, 3.8) is 0 Å². The Morgan fingerprint density at radius 2 is 1.89 bits per heavy atom. The zero-order valence-corrected chi connectivity index (χ0v) is 12.0. The number of nitrogens with zero attached hydrogens (tertiary/aromatic N) is 2. The van der Waals surface area contributed by atoms with Crippen molar-refractivity contribution in [3.8, 4) is 5.75 Å². The molecule has 1 aromatic carbocycles. The molecule has 0 aromatic heterocycles. The molecule has 104 valence electrons. The summed E-state index contributed by atoms with van der Waals surface area (Å²) in [6.45, 7) is 6.02. The standard InChI is InChI=1S/C16H24N2O/c1-13-11-17-10-4-3-5-15(17)12-18(13)14-6-8-16(19-2)9-7-14/h6-9,13,15H,3-5,10-12H2,1-2H3. The molecule has 19 heavy (non-hydrogen) atoms. The Hall–Kier alpha value is -1.22. The number of anilines is 1. The second-order valence-electron chi connectivity index (χ2n) is 5.84. The molecule has 3 heteroatoms. The van der Waals surface area contributed by atoms with Gasteiger partial charge in [-0.25, -0.2) is 0 Å². The van der Waals surface area contributed by atoms with Gasteiger partial charge in [0, 0.05) is 30.9 Å². The molecule has 2 atom stereocenters. The van der Waals surface area contributed by atoms with Crippen molar-refractivity contribution >= 4 is 5.69 Å². The highest BCUT2D eigenvalue weighted by Crippen LogP contribution is 2.29. The number of fused-ring (bicyclic) bond motifs is 1. The highest BCUT2D eigenvalue weighted by Gasteiger charge is 2.32. The Labute approximate surface area is 116 Å². The third-order valence-electron chi connectivity index (χ3n) is 4.59. The summed E-state index contributed by atoms with van der Waals surface area (Å²) in [5.74, 6) is 0.938. The maximum atomic E-state index is 5.24. The molecule has 0 saturated carbocycles. The lowest BCUT2D eigenvalue weighted by molar-refractivity contribution is 0.115. The summed E-state index contributed by atoms with van der Waals surface area (Å²) in [6.07, 6.45) is 4.14. The van der Waals surface area contributed by atoms with Crippen LogP contribution >= 0.6 is 0 Å². The zero-order chi connectivity index (χ0) is 13.2. The van der Waals surface area contributed by atoms with Crippen LogP contribution in [0.5, 0.6) is 5.75 Å². The lowest BCUT2D eigenvalue weighted by Crippen LogP contribution is -2.58. The fourth-order valence-corrected chi connectivity index (χ4v) is 3.49. The van der Waals surface area contributed by atoms with E-state index in [1.165, 1.54) is 44.6 Å². The summed E-state index contributed by atoms with van der Waals surface area (Å²) in [7, 11) is 1.72. The molecule has 1 aromatic rings. The molecule has 2 aliphatic rings. The maximum absolute atomic E-state index is 5.24. The molecule has 0 aliphatic carbocycles. The summed E-state index contributed by atoms with van der Waals surface area (Å²) < 4.78 is 5.24. The first-order valence-electron chi connectivity index (χ1n) is 7.42. The van der Waals surface area contributed by atoms with Crippen molar-refractivity contribution in [1.82, 2.24) is 4.90 Å². The van der Waals surface area contributed by atoms with Crippen molar-refractivity contribution in [2.75, 3.05) is 31.6 Å². The second kappa shape index (κ2) is 5.41. The number of hydrogen-bond acceptors (Lipinski definition) is 3. The van der Waals surface area contributed by atoms with Crippen LogP contribution in [0.4, 0.5) is 5.69 Å². The van der Waals surface area contributed by atoms with Gasteiger partial charge in [-0.3, -0.25) is 4.90 Å². The smallest absolute Gasteiger partial charge is 0.119 e. The highest BCUT2D eigenvalue weighted by molar-refractivity contribution is 5.50. The SMILES string of the molecule is COc1ccc(N2CC3CCCCN3CC2C)cc1.